The lowest BCUT2D eigenvalue weighted by Crippen LogP contribution is -2.61. The van der Waals surface area contributed by atoms with Gasteiger partial charge in [-0.1, -0.05) is 58.2 Å². The van der Waals surface area contributed by atoms with Crippen LogP contribution in [0.3, 0.4) is 0 Å². The molecule has 0 unspecified atom stereocenters. The number of aromatic nitrogens is 5. The van der Waals surface area contributed by atoms with Crippen LogP contribution >= 0.6 is 57.1 Å². The third-order valence-electron chi connectivity index (χ3n) is 19.7. The predicted octanol–water partition coefficient (Wildman–Crippen LogP) is 0.616. The number of nitrogens with one attached hydrogen (secondary N) is 12. The van der Waals surface area contributed by atoms with E-state index in [1.165, 1.54) is 82.1 Å². The average Bonchev–Trinajstić information content (AvgIpc) is 1.47. The van der Waals surface area contributed by atoms with Crippen LogP contribution in [0.25, 0.3) is 6.08 Å². The second-order valence-corrected chi connectivity index (χ2v) is 32.6. The standard InChI is InChI=1S/C72H87N19O18S5/c1-14-26(3)47-63(105)78-30(7)57(99)75-28(5)56(98)76-31(8)58(100)91-72-19-18-40(66-85-43(22-111-66)59(101)77-29(6)55(97)74-27(4)54(73)96)81-52(72)42-21-112-67(83-42)49(34(11)109-69(107)41-20-37(32(9)92)36-16-17-39(79-47)51(95)50(36)80-41)89-60(102)44-24-113-68(86-44)53(71(13,108)35(12)94)90-62(104)45-23-110-65(84-45)38(15-2)82-64(106)48(33(10)93)88-61(103)46-25-114-70(72)87-46/h15-17,20-22,24-26,30-35,39-40,45,47-49,51-53,79,81,92-95,108H,4-6,14,18-19,23H2,1-3,7-13H3,(H2,73,96)(H,74,97)(H,75,99)(H,76,98)(H,77,101)(H,78,105)(H,82,106)(H,88,103)(H,89,102)(H,90,104)(H,91,100)/b38-15-/t26-,30-,31-,32-,33+,34+,35+,39+,40+,45+,47-,48-,49-,51-,52+,53+,71+,72+/m0/s1. The lowest BCUT2D eigenvalue weighted by molar-refractivity contribution is -0.131. The van der Waals surface area contributed by atoms with Crippen LogP contribution in [0.1, 0.15) is 209 Å². The maximum atomic E-state index is 15.4. The first kappa shape index (κ1) is 86.2. The number of aliphatic hydroxyl groups excluding tert-OH is 4. The van der Waals surface area contributed by atoms with Crippen molar-refractivity contribution >= 4 is 139 Å². The minimum Gasteiger partial charge on any atom is -0.455 e. The molecule has 0 saturated carbocycles. The van der Waals surface area contributed by atoms with Crippen molar-refractivity contribution < 1.29 is 87.8 Å². The molecule has 0 radical (unpaired) electrons. The molecule has 0 aromatic carbocycles. The lowest BCUT2D eigenvalue weighted by Gasteiger charge is -2.46. The van der Waals surface area contributed by atoms with Crippen LogP contribution in [0.2, 0.25) is 0 Å². The Bertz CT molecular complexity index is 4810. The molecule has 42 heteroatoms. The number of allylic oxidation sites excluding steroid dienone is 1. The predicted molar refractivity (Wildman–Crippen MR) is 418 cm³/mol. The van der Waals surface area contributed by atoms with Crippen molar-refractivity contribution in [3.05, 3.63) is 148 Å². The number of rotatable bonds is 12. The van der Waals surface area contributed by atoms with Crippen LogP contribution in [-0.2, 0) is 48.6 Å². The van der Waals surface area contributed by atoms with Gasteiger partial charge in [0, 0.05) is 32.8 Å². The fourth-order valence-corrected chi connectivity index (χ4v) is 17.5. The third kappa shape index (κ3) is 18.7. The number of esters is 1. The summed E-state index contributed by atoms with van der Waals surface area (Å²) in [6.45, 7) is 25.0. The maximum Gasteiger partial charge on any atom is 0.357 e. The van der Waals surface area contributed by atoms with Gasteiger partial charge in [0.25, 0.3) is 35.4 Å². The topological polar surface area (TPSA) is 562 Å². The van der Waals surface area contributed by atoms with Gasteiger partial charge >= 0.3 is 5.97 Å². The molecule has 9 heterocycles. The average molecular weight is 1670 g/mol. The second kappa shape index (κ2) is 35.6. The van der Waals surface area contributed by atoms with Crippen LogP contribution in [0.5, 0.6) is 0 Å². The molecular formula is C72H87N19O18S5. The van der Waals surface area contributed by atoms with E-state index >= 15 is 14.4 Å². The molecular weight excluding hydrogens is 1580 g/mol. The van der Waals surface area contributed by atoms with E-state index < -0.39 is 202 Å². The smallest absolute Gasteiger partial charge is 0.357 e. The molecule has 4 aliphatic heterocycles. The molecule has 13 bridgehead atoms. The molecule has 5 aliphatic rings. The van der Waals surface area contributed by atoms with Gasteiger partial charge < -0.3 is 89.2 Å². The van der Waals surface area contributed by atoms with Crippen LogP contribution < -0.4 is 69.5 Å². The number of aliphatic imine (C=N–C) groups is 1. The number of nitrogens with zero attached hydrogens (tertiary/aromatic N) is 6. The number of thiazole rings is 4. The van der Waals surface area contributed by atoms with Crippen LogP contribution in [0.4, 0.5) is 0 Å². The Balaban J connectivity index is 1.16. The van der Waals surface area contributed by atoms with E-state index in [1.54, 1.807) is 26.0 Å². The second-order valence-electron chi connectivity index (χ2n) is 28.0. The van der Waals surface area contributed by atoms with Crippen LogP contribution in [-0.4, -0.2) is 192 Å². The maximum absolute atomic E-state index is 15.4. The fraction of sp³-hybridized carbons (Fsp3) is 0.444. The number of pyridine rings is 1. The molecule has 1 aliphatic carbocycles. The summed E-state index contributed by atoms with van der Waals surface area (Å²) in [7, 11) is 0. The minimum atomic E-state index is -2.20. The highest BCUT2D eigenvalue weighted by molar-refractivity contribution is 8.14. The van der Waals surface area contributed by atoms with E-state index in [9.17, 15) is 68.7 Å². The Morgan fingerprint density at radius 1 is 0.754 bits per heavy atom. The number of thioether (sulfide) groups is 1. The Kier molecular flexibility index (Phi) is 26.9. The number of fused-ring (bicyclic) bond motifs is 7. The van der Waals surface area contributed by atoms with Crippen LogP contribution in [0, 0.1) is 5.92 Å². The molecule has 10 rings (SSSR count). The van der Waals surface area contributed by atoms with Crippen molar-refractivity contribution in [1.29, 1.82) is 0 Å². The van der Waals surface area contributed by atoms with Gasteiger partial charge in [0.2, 0.25) is 29.5 Å². The molecule has 608 valence electrons. The number of amides is 11. The van der Waals surface area contributed by atoms with Crippen molar-refractivity contribution in [3.63, 3.8) is 0 Å². The van der Waals surface area contributed by atoms with E-state index in [0.29, 0.717) is 6.42 Å². The van der Waals surface area contributed by atoms with Crippen molar-refractivity contribution in [3.8, 4) is 0 Å². The highest BCUT2D eigenvalue weighted by Gasteiger charge is 2.52. The van der Waals surface area contributed by atoms with Crippen molar-refractivity contribution in [1.82, 2.24) is 88.7 Å². The number of hydrogen-bond donors (Lipinski definition) is 18. The van der Waals surface area contributed by atoms with Gasteiger partial charge in [0.05, 0.1) is 76.7 Å². The fourth-order valence-electron chi connectivity index (χ4n) is 12.6. The van der Waals surface area contributed by atoms with E-state index in [1.807, 2.05) is 6.92 Å². The first-order chi connectivity index (χ1) is 53.7. The van der Waals surface area contributed by atoms with E-state index in [2.05, 4.69) is 103 Å². The number of aliphatic hydroxyl groups is 5. The van der Waals surface area contributed by atoms with E-state index in [-0.39, 0.29) is 89.0 Å². The quantitative estimate of drug-likeness (QED) is 0.0601. The number of ether oxygens (including phenoxy) is 1. The largest absolute Gasteiger partial charge is 0.455 e. The summed E-state index contributed by atoms with van der Waals surface area (Å²) in [5.41, 5.74) is -1.63. The van der Waals surface area contributed by atoms with Gasteiger partial charge in [-0.15, -0.1) is 57.1 Å². The van der Waals surface area contributed by atoms with Crippen molar-refractivity contribution in [2.75, 3.05) is 5.75 Å². The van der Waals surface area contributed by atoms with E-state index in [0.717, 1.165) is 57.1 Å². The highest BCUT2D eigenvalue weighted by Crippen LogP contribution is 2.49. The number of hydrogen-bond acceptors (Lipinski definition) is 31. The summed E-state index contributed by atoms with van der Waals surface area (Å²) in [5.74, 6) is -12.0. The van der Waals surface area contributed by atoms with Gasteiger partial charge in [0.1, 0.15) is 107 Å². The molecule has 5 aromatic heterocycles. The summed E-state index contributed by atoms with van der Waals surface area (Å²) in [6.07, 6.45) is -2.92. The van der Waals surface area contributed by atoms with Crippen LogP contribution in [0.15, 0.2) is 87.3 Å². The zero-order chi connectivity index (χ0) is 83.4. The van der Waals surface area contributed by atoms with Gasteiger partial charge in [0.15, 0.2) is 0 Å². The number of piperidine rings is 1. The normalized spacial score (nSPS) is 27.6. The summed E-state index contributed by atoms with van der Waals surface area (Å²) in [4.78, 5) is 199. The summed E-state index contributed by atoms with van der Waals surface area (Å²) in [6, 6.07) is -12.3. The Morgan fingerprint density at radius 3 is 2.11 bits per heavy atom. The first-order valence-corrected chi connectivity index (χ1v) is 40.3. The number of carbonyl (C=O) groups is 12. The molecule has 11 amide bonds. The van der Waals surface area contributed by atoms with Gasteiger partial charge in [-0.2, -0.15) is 0 Å². The molecule has 1 saturated heterocycles. The lowest BCUT2D eigenvalue weighted by atomic mass is 9.78. The minimum absolute atomic E-state index is 0.0112. The summed E-state index contributed by atoms with van der Waals surface area (Å²) < 4.78 is 6.27. The molecule has 19 N–H and O–H groups in total. The monoisotopic (exact) mass is 1670 g/mol. The zero-order valence-corrected chi connectivity index (χ0v) is 67.2. The number of carbonyl (C=O) groups excluding carboxylic acids is 12. The first-order valence-electron chi connectivity index (χ1n) is 35.8. The molecule has 0 spiro atoms. The Morgan fingerprint density at radius 2 is 1.43 bits per heavy atom. The zero-order valence-electron chi connectivity index (χ0n) is 63.2. The third-order valence-corrected chi connectivity index (χ3v) is 24.7. The SMILES string of the molecule is C=C(NC(=O)C(=C)NC(=O)c1csc([C@H]2CC[C@]34NC(=O)[C@H](C)NC(=O)C(=C)NC(=O)[C@H](C)NC(=O)[C@H]([C@@H](C)CC)N[C@@H]5C=Cc6c([C@H](C)O)cc(nc6[C@H]5O)C(=O)O[C@H](C)[C@H](NC(=O)c5csc(n5)[C@H]([C@](C)(O)[C@@H](C)O)NC(=O)[C@H]5CSC(=N5)/C(=C/C)NC(=O)[C@H]([C@@H](C)O)NC(=O)c5csc3n5)c3nc(cs3)[C@H]4N2)n1)C(N)=O. The Labute approximate surface area is 672 Å². The molecule has 37 nitrogen and oxygen atoms in total. The molecule has 114 heavy (non-hydrogen) atoms. The van der Waals surface area contributed by atoms with Gasteiger partial charge in [-0.05, 0) is 85.8 Å². The highest BCUT2D eigenvalue weighted by atomic mass is 32.2. The van der Waals surface area contributed by atoms with Gasteiger partial charge in [-0.3, -0.25) is 68.4 Å². The molecule has 1 fully saturated rings. The number of cyclic esters (lactones) is 1. The number of primary amides is 1. The summed E-state index contributed by atoms with van der Waals surface area (Å²) >= 11 is 4.56. The van der Waals surface area contributed by atoms with Crippen molar-refractivity contribution in [2.24, 2.45) is 16.6 Å². The Hall–Kier alpha value is -10.2. The van der Waals surface area contributed by atoms with E-state index in [4.69, 9.17) is 20.4 Å². The van der Waals surface area contributed by atoms with Gasteiger partial charge in [-0.25, -0.2) is 29.7 Å². The molecule has 5 aromatic rings. The summed E-state index contributed by atoms with van der Waals surface area (Å²) in [5, 5.41) is 96.3. The molecule has 18 atom stereocenters. The number of nitrogens with two attached hydrogens (primary N) is 1. The van der Waals surface area contributed by atoms with Crippen molar-refractivity contribution in [2.45, 2.75) is 191 Å².